The van der Waals surface area contributed by atoms with Crippen LogP contribution in [0.2, 0.25) is 0 Å². The Morgan fingerprint density at radius 1 is 1.47 bits per heavy atom. The van der Waals surface area contributed by atoms with Crippen LogP contribution in [0.1, 0.15) is 20.3 Å². The summed E-state index contributed by atoms with van der Waals surface area (Å²) in [5, 5.41) is 0. The van der Waals surface area contributed by atoms with Crippen molar-refractivity contribution in [2.75, 3.05) is 0 Å². The standard InChI is InChI=1S/C11H17N3O2S/c1-11(2,9(12)17)5-7-14-8(15)4-6-13(3)10(14)16/h4,6H,5,7H2,1-3H3,(H2,12,17). The van der Waals surface area contributed by atoms with Gasteiger partial charge in [0.1, 0.15) is 0 Å². The van der Waals surface area contributed by atoms with Crippen LogP contribution in [0, 0.1) is 5.41 Å². The van der Waals surface area contributed by atoms with E-state index < -0.39 is 0 Å². The number of nitrogens with two attached hydrogens (primary N) is 1. The second kappa shape index (κ2) is 4.83. The lowest BCUT2D eigenvalue weighted by Gasteiger charge is -2.23. The minimum Gasteiger partial charge on any atom is -0.393 e. The van der Waals surface area contributed by atoms with Gasteiger partial charge in [0.25, 0.3) is 5.56 Å². The average molecular weight is 255 g/mol. The number of nitrogens with zero attached hydrogens (tertiary/aromatic N) is 2. The Morgan fingerprint density at radius 3 is 2.59 bits per heavy atom. The minimum absolute atomic E-state index is 0.299. The van der Waals surface area contributed by atoms with Crippen molar-refractivity contribution in [3.05, 3.63) is 33.1 Å². The van der Waals surface area contributed by atoms with E-state index >= 15 is 0 Å². The van der Waals surface area contributed by atoms with Crippen LogP contribution in [0.3, 0.4) is 0 Å². The maximum absolute atomic E-state index is 11.7. The number of aromatic nitrogens is 2. The second-order valence-electron chi connectivity index (χ2n) is 4.70. The normalized spacial score (nSPS) is 11.5. The molecule has 0 spiro atoms. The first-order valence-electron chi connectivity index (χ1n) is 5.32. The van der Waals surface area contributed by atoms with Gasteiger partial charge >= 0.3 is 5.69 Å². The van der Waals surface area contributed by atoms with Crippen LogP contribution in [0.15, 0.2) is 21.9 Å². The first-order valence-corrected chi connectivity index (χ1v) is 5.73. The SMILES string of the molecule is Cn1ccc(=O)n(CCC(C)(C)C(N)=S)c1=O. The third-order valence-corrected chi connectivity index (χ3v) is 3.42. The van der Waals surface area contributed by atoms with Gasteiger partial charge < -0.3 is 10.3 Å². The number of hydrogen-bond donors (Lipinski definition) is 1. The molecule has 94 valence electrons. The lowest BCUT2D eigenvalue weighted by Crippen LogP contribution is -2.40. The third kappa shape index (κ3) is 3.03. The third-order valence-electron chi connectivity index (χ3n) is 2.87. The molecule has 0 atom stereocenters. The highest BCUT2D eigenvalue weighted by Gasteiger charge is 2.21. The van der Waals surface area contributed by atoms with Gasteiger partial charge in [-0.05, 0) is 6.42 Å². The smallest absolute Gasteiger partial charge is 0.330 e. The molecule has 0 radical (unpaired) electrons. The Labute approximate surface area is 105 Å². The van der Waals surface area contributed by atoms with Gasteiger partial charge in [-0.15, -0.1) is 0 Å². The Bertz CT molecular complexity index is 542. The Balaban J connectivity index is 2.99. The molecule has 0 saturated carbocycles. The van der Waals surface area contributed by atoms with E-state index in [1.54, 1.807) is 7.05 Å². The van der Waals surface area contributed by atoms with Crippen LogP contribution in [-0.2, 0) is 13.6 Å². The Kier molecular flexibility index (Phi) is 3.87. The molecule has 0 bridgehead atoms. The molecule has 0 aliphatic rings. The van der Waals surface area contributed by atoms with E-state index in [-0.39, 0.29) is 16.7 Å². The molecule has 0 aliphatic heterocycles. The summed E-state index contributed by atoms with van der Waals surface area (Å²) in [6.45, 7) is 4.11. The molecule has 2 N–H and O–H groups in total. The van der Waals surface area contributed by atoms with Crippen LogP contribution in [0.4, 0.5) is 0 Å². The molecular weight excluding hydrogens is 238 g/mol. The van der Waals surface area contributed by atoms with E-state index in [0.717, 1.165) is 0 Å². The average Bonchev–Trinajstić information content (AvgIpc) is 2.23. The van der Waals surface area contributed by atoms with Gasteiger partial charge in [0, 0.05) is 31.3 Å². The van der Waals surface area contributed by atoms with E-state index in [2.05, 4.69) is 0 Å². The molecule has 17 heavy (non-hydrogen) atoms. The fourth-order valence-electron chi connectivity index (χ4n) is 1.33. The van der Waals surface area contributed by atoms with Gasteiger partial charge in [0.05, 0.1) is 4.99 Å². The van der Waals surface area contributed by atoms with Crippen molar-refractivity contribution in [3.8, 4) is 0 Å². The van der Waals surface area contributed by atoms with Gasteiger partial charge in [-0.1, -0.05) is 26.1 Å². The first kappa shape index (κ1) is 13.6. The van der Waals surface area contributed by atoms with Crippen molar-refractivity contribution in [2.45, 2.75) is 26.8 Å². The zero-order chi connectivity index (χ0) is 13.2. The molecule has 0 aliphatic carbocycles. The maximum Gasteiger partial charge on any atom is 0.330 e. The molecule has 0 fully saturated rings. The summed E-state index contributed by atoms with van der Waals surface area (Å²) in [6, 6.07) is 1.37. The summed E-state index contributed by atoms with van der Waals surface area (Å²) in [5.74, 6) is 0. The van der Waals surface area contributed by atoms with Crippen LogP contribution < -0.4 is 17.0 Å². The summed E-state index contributed by atoms with van der Waals surface area (Å²) in [4.78, 5) is 23.7. The summed E-state index contributed by atoms with van der Waals surface area (Å²) in [5.41, 5.74) is 4.61. The lowest BCUT2D eigenvalue weighted by molar-refractivity contribution is 0.418. The summed E-state index contributed by atoms with van der Waals surface area (Å²) in [7, 11) is 1.61. The van der Waals surface area contributed by atoms with Crippen LogP contribution in [0.5, 0.6) is 0 Å². The van der Waals surface area contributed by atoms with Crippen LogP contribution in [-0.4, -0.2) is 14.1 Å². The highest BCUT2D eigenvalue weighted by Crippen LogP contribution is 2.20. The quantitative estimate of drug-likeness (QED) is 0.783. The highest BCUT2D eigenvalue weighted by atomic mass is 32.1. The molecular formula is C11H17N3O2S. The van der Waals surface area contributed by atoms with Crippen LogP contribution >= 0.6 is 12.2 Å². The topological polar surface area (TPSA) is 70.0 Å². The Morgan fingerprint density at radius 2 is 2.06 bits per heavy atom. The van der Waals surface area contributed by atoms with Gasteiger partial charge in [-0.2, -0.15) is 0 Å². The summed E-state index contributed by atoms with van der Waals surface area (Å²) < 4.78 is 2.56. The van der Waals surface area contributed by atoms with E-state index in [1.807, 2.05) is 13.8 Å². The molecule has 1 aromatic heterocycles. The largest absolute Gasteiger partial charge is 0.393 e. The second-order valence-corrected chi connectivity index (χ2v) is 5.14. The van der Waals surface area contributed by atoms with Gasteiger partial charge in [-0.25, -0.2) is 4.79 Å². The molecule has 0 unspecified atom stereocenters. The molecule has 1 heterocycles. The maximum atomic E-state index is 11.7. The van der Waals surface area contributed by atoms with Crippen LogP contribution in [0.25, 0.3) is 0 Å². The zero-order valence-corrected chi connectivity index (χ0v) is 11.1. The van der Waals surface area contributed by atoms with Crippen molar-refractivity contribution in [1.82, 2.24) is 9.13 Å². The molecule has 1 aromatic rings. The van der Waals surface area contributed by atoms with Crippen molar-refractivity contribution >= 4 is 17.2 Å². The molecule has 1 rings (SSSR count). The van der Waals surface area contributed by atoms with Gasteiger partial charge in [-0.3, -0.25) is 9.36 Å². The van der Waals surface area contributed by atoms with Crippen molar-refractivity contribution in [1.29, 1.82) is 0 Å². The number of aryl methyl sites for hydroxylation is 1. The monoisotopic (exact) mass is 255 g/mol. The number of rotatable bonds is 4. The van der Waals surface area contributed by atoms with Gasteiger partial charge in [0.2, 0.25) is 0 Å². The van der Waals surface area contributed by atoms with E-state index in [1.165, 1.54) is 21.4 Å². The fourth-order valence-corrected chi connectivity index (χ4v) is 1.44. The molecule has 5 nitrogen and oxygen atoms in total. The predicted molar refractivity (Wildman–Crippen MR) is 71.1 cm³/mol. The summed E-state index contributed by atoms with van der Waals surface area (Å²) in [6.07, 6.45) is 2.02. The van der Waals surface area contributed by atoms with Crippen molar-refractivity contribution < 1.29 is 0 Å². The fraction of sp³-hybridized carbons (Fsp3) is 0.545. The van der Waals surface area contributed by atoms with E-state index in [9.17, 15) is 9.59 Å². The number of thiocarbonyl (C=S) groups is 1. The summed E-state index contributed by atoms with van der Waals surface area (Å²) >= 11 is 4.95. The van der Waals surface area contributed by atoms with Crippen molar-refractivity contribution in [3.63, 3.8) is 0 Å². The predicted octanol–water partition coefficient (Wildman–Crippen LogP) is 0.249. The first-order chi connectivity index (χ1) is 7.75. The van der Waals surface area contributed by atoms with Crippen molar-refractivity contribution in [2.24, 2.45) is 18.2 Å². The molecule has 0 saturated heterocycles. The molecule has 6 heteroatoms. The highest BCUT2D eigenvalue weighted by molar-refractivity contribution is 7.80. The zero-order valence-electron chi connectivity index (χ0n) is 10.3. The van der Waals surface area contributed by atoms with E-state index in [4.69, 9.17) is 18.0 Å². The molecule has 0 amide bonds. The molecule has 0 aromatic carbocycles. The van der Waals surface area contributed by atoms with Gasteiger partial charge in [0.15, 0.2) is 0 Å². The minimum atomic E-state index is -0.365. The lowest BCUT2D eigenvalue weighted by atomic mass is 9.89. The Hall–Kier alpha value is -1.43. The van der Waals surface area contributed by atoms with E-state index in [0.29, 0.717) is 18.0 Å². The number of hydrogen-bond acceptors (Lipinski definition) is 3.